The van der Waals surface area contributed by atoms with E-state index in [0.717, 1.165) is 22.0 Å². The molecule has 0 fully saturated rings. The lowest BCUT2D eigenvalue weighted by Gasteiger charge is -2.18. The largest absolute Gasteiger partial charge is 0.480 e. The highest BCUT2D eigenvalue weighted by molar-refractivity contribution is 5.93. The third-order valence-electron chi connectivity index (χ3n) is 5.54. The van der Waals surface area contributed by atoms with E-state index in [-0.39, 0.29) is 12.8 Å². The Morgan fingerprint density at radius 1 is 0.943 bits per heavy atom. The minimum absolute atomic E-state index is 0.108. The molecule has 10 nitrogen and oxygen atoms in total. The fraction of sp³-hybridized carbons (Fsp3) is 0.280. The summed E-state index contributed by atoms with van der Waals surface area (Å²) in [5.74, 6) is -2.94. The molecular weight excluding hydrogens is 450 g/mol. The highest BCUT2D eigenvalue weighted by Gasteiger charge is 2.23. The molecular formula is C25H29N5O5. The number of amides is 3. The SMILES string of the molecule is CC(NC(=O)C(N)Cc1c[nH]c2ccccc12)C(=O)NCC(=O)NC(Cc1ccccc1)C(=O)O. The van der Waals surface area contributed by atoms with Crippen LogP contribution in [0.5, 0.6) is 0 Å². The van der Waals surface area contributed by atoms with Crippen LogP contribution in [0.1, 0.15) is 18.1 Å². The molecule has 0 radical (unpaired) electrons. The molecule has 3 rings (SSSR count). The van der Waals surface area contributed by atoms with Gasteiger partial charge in [0.2, 0.25) is 17.7 Å². The second kappa shape index (κ2) is 11.8. The Morgan fingerprint density at radius 3 is 2.34 bits per heavy atom. The summed E-state index contributed by atoms with van der Waals surface area (Å²) in [7, 11) is 0. The average Bonchev–Trinajstić information content (AvgIpc) is 3.25. The third-order valence-corrected chi connectivity index (χ3v) is 5.54. The summed E-state index contributed by atoms with van der Waals surface area (Å²) in [6.07, 6.45) is 2.19. The van der Waals surface area contributed by atoms with Crippen LogP contribution in [0.3, 0.4) is 0 Å². The molecule has 35 heavy (non-hydrogen) atoms. The number of hydrogen-bond donors (Lipinski definition) is 6. The first-order valence-electron chi connectivity index (χ1n) is 11.2. The maximum Gasteiger partial charge on any atom is 0.326 e. The first-order valence-corrected chi connectivity index (χ1v) is 11.2. The second-order valence-electron chi connectivity index (χ2n) is 8.27. The minimum Gasteiger partial charge on any atom is -0.480 e. The summed E-state index contributed by atoms with van der Waals surface area (Å²) < 4.78 is 0. The van der Waals surface area contributed by atoms with E-state index in [9.17, 15) is 24.3 Å². The van der Waals surface area contributed by atoms with Crippen molar-refractivity contribution in [1.29, 1.82) is 0 Å². The number of carboxylic acid groups (broad SMARTS) is 1. The average molecular weight is 480 g/mol. The molecule has 0 aliphatic heterocycles. The van der Waals surface area contributed by atoms with E-state index in [0.29, 0.717) is 0 Å². The van der Waals surface area contributed by atoms with Gasteiger partial charge in [-0.05, 0) is 30.5 Å². The Hall–Kier alpha value is -4.18. The zero-order chi connectivity index (χ0) is 25.4. The Balaban J connectivity index is 1.45. The molecule has 10 heteroatoms. The minimum atomic E-state index is -1.18. The van der Waals surface area contributed by atoms with Gasteiger partial charge in [0.25, 0.3) is 0 Å². The van der Waals surface area contributed by atoms with Crippen molar-refractivity contribution >= 4 is 34.6 Å². The Bertz CT molecular complexity index is 1190. The summed E-state index contributed by atoms with van der Waals surface area (Å²) in [6.45, 7) is 1.04. The number of para-hydroxylation sites is 1. The van der Waals surface area contributed by atoms with Gasteiger partial charge < -0.3 is 31.8 Å². The van der Waals surface area contributed by atoms with Crippen LogP contribution < -0.4 is 21.7 Å². The molecule has 0 saturated heterocycles. The molecule has 0 aliphatic carbocycles. The number of H-pyrrole nitrogens is 1. The van der Waals surface area contributed by atoms with Gasteiger partial charge in [-0.3, -0.25) is 14.4 Å². The summed E-state index contributed by atoms with van der Waals surface area (Å²) in [6, 6.07) is 13.6. The second-order valence-corrected chi connectivity index (χ2v) is 8.27. The first-order chi connectivity index (χ1) is 16.7. The van der Waals surface area contributed by atoms with Gasteiger partial charge in [0.15, 0.2) is 0 Å². The van der Waals surface area contributed by atoms with Gasteiger partial charge in [-0.25, -0.2) is 4.79 Å². The van der Waals surface area contributed by atoms with Gasteiger partial charge in [0.05, 0.1) is 12.6 Å². The van der Waals surface area contributed by atoms with Crippen molar-refractivity contribution in [3.05, 3.63) is 71.9 Å². The number of aromatic nitrogens is 1. The lowest BCUT2D eigenvalue weighted by atomic mass is 10.0. The van der Waals surface area contributed by atoms with Crippen LogP contribution in [0.2, 0.25) is 0 Å². The van der Waals surface area contributed by atoms with E-state index in [1.807, 2.05) is 30.3 Å². The molecule has 1 aromatic heterocycles. The van der Waals surface area contributed by atoms with Gasteiger partial charge >= 0.3 is 5.97 Å². The van der Waals surface area contributed by atoms with Crippen LogP contribution in [0.15, 0.2) is 60.8 Å². The highest BCUT2D eigenvalue weighted by Crippen LogP contribution is 2.18. The van der Waals surface area contributed by atoms with Gasteiger partial charge in [0, 0.05) is 23.5 Å². The molecule has 3 unspecified atom stereocenters. The predicted octanol–water partition coefficient (Wildman–Crippen LogP) is 0.471. The van der Waals surface area contributed by atoms with Crippen molar-refractivity contribution in [2.24, 2.45) is 5.73 Å². The van der Waals surface area contributed by atoms with Crippen molar-refractivity contribution in [3.63, 3.8) is 0 Å². The Kier molecular flexibility index (Phi) is 8.58. The molecule has 184 valence electrons. The van der Waals surface area contributed by atoms with Crippen molar-refractivity contribution in [3.8, 4) is 0 Å². The number of nitrogens with two attached hydrogens (primary N) is 1. The summed E-state index contributed by atoms with van der Waals surface area (Å²) in [5, 5.41) is 17.7. The number of carbonyl (C=O) groups is 4. The van der Waals surface area contributed by atoms with E-state index < -0.39 is 48.4 Å². The molecule has 0 spiro atoms. The number of hydrogen-bond acceptors (Lipinski definition) is 5. The Labute approximate surface area is 202 Å². The zero-order valence-corrected chi connectivity index (χ0v) is 19.3. The molecule has 0 aliphatic rings. The number of carbonyl (C=O) groups excluding carboxylic acids is 3. The molecule has 0 saturated carbocycles. The number of benzene rings is 2. The molecule has 1 heterocycles. The standard InChI is InChI=1S/C25H29N5O5/c1-15(29-24(33)19(26)12-17-13-27-20-10-6-5-9-18(17)20)23(32)28-14-22(31)30-21(25(34)35)11-16-7-3-2-4-8-16/h2-10,13,15,19,21,27H,11-12,14,26H2,1H3,(H,28,32)(H,29,33)(H,30,31)(H,34,35). The maximum absolute atomic E-state index is 12.5. The maximum atomic E-state index is 12.5. The normalized spacial score (nSPS) is 13.4. The topological polar surface area (TPSA) is 166 Å². The van der Waals surface area contributed by atoms with Crippen molar-refractivity contribution in [1.82, 2.24) is 20.9 Å². The summed E-state index contributed by atoms with van der Waals surface area (Å²) in [4.78, 5) is 51.6. The van der Waals surface area contributed by atoms with Crippen molar-refractivity contribution in [2.75, 3.05) is 6.54 Å². The molecule has 7 N–H and O–H groups in total. The van der Waals surface area contributed by atoms with E-state index in [4.69, 9.17) is 5.73 Å². The number of nitrogens with one attached hydrogen (secondary N) is 4. The number of carboxylic acids is 1. The van der Waals surface area contributed by atoms with E-state index in [1.165, 1.54) is 6.92 Å². The fourth-order valence-electron chi connectivity index (χ4n) is 3.63. The monoisotopic (exact) mass is 479 g/mol. The quantitative estimate of drug-likeness (QED) is 0.234. The zero-order valence-electron chi connectivity index (χ0n) is 19.3. The highest BCUT2D eigenvalue weighted by atomic mass is 16.4. The van der Waals surface area contributed by atoms with Crippen LogP contribution >= 0.6 is 0 Å². The fourth-order valence-corrected chi connectivity index (χ4v) is 3.63. The lowest BCUT2D eigenvalue weighted by Crippen LogP contribution is -2.52. The van der Waals surface area contributed by atoms with Crippen LogP contribution in [-0.4, -0.2) is 58.5 Å². The number of fused-ring (bicyclic) bond motifs is 1. The van der Waals surface area contributed by atoms with Crippen molar-refractivity contribution in [2.45, 2.75) is 37.9 Å². The first kappa shape index (κ1) is 25.4. The van der Waals surface area contributed by atoms with Crippen LogP contribution in [-0.2, 0) is 32.0 Å². The summed E-state index contributed by atoms with van der Waals surface area (Å²) in [5.41, 5.74) is 8.62. The van der Waals surface area contributed by atoms with Gasteiger partial charge in [-0.15, -0.1) is 0 Å². The van der Waals surface area contributed by atoms with Gasteiger partial charge in [0.1, 0.15) is 12.1 Å². The van der Waals surface area contributed by atoms with E-state index >= 15 is 0 Å². The molecule has 3 aromatic rings. The molecule has 3 amide bonds. The molecule has 0 bridgehead atoms. The van der Waals surface area contributed by atoms with Crippen LogP contribution in [0.4, 0.5) is 0 Å². The smallest absolute Gasteiger partial charge is 0.326 e. The van der Waals surface area contributed by atoms with Crippen LogP contribution in [0.25, 0.3) is 10.9 Å². The van der Waals surface area contributed by atoms with Gasteiger partial charge in [-0.2, -0.15) is 0 Å². The summed E-state index contributed by atoms with van der Waals surface area (Å²) >= 11 is 0. The third kappa shape index (κ3) is 7.15. The Morgan fingerprint density at radius 2 is 1.63 bits per heavy atom. The number of aromatic amines is 1. The van der Waals surface area contributed by atoms with Crippen molar-refractivity contribution < 1.29 is 24.3 Å². The number of rotatable bonds is 11. The van der Waals surface area contributed by atoms with E-state index in [1.54, 1.807) is 30.5 Å². The van der Waals surface area contributed by atoms with Gasteiger partial charge in [-0.1, -0.05) is 48.5 Å². The number of aliphatic carboxylic acids is 1. The van der Waals surface area contributed by atoms with E-state index in [2.05, 4.69) is 20.9 Å². The van der Waals surface area contributed by atoms with Crippen LogP contribution in [0, 0.1) is 0 Å². The lowest BCUT2D eigenvalue weighted by molar-refractivity contribution is -0.141. The molecule has 3 atom stereocenters. The molecule has 2 aromatic carbocycles. The predicted molar refractivity (Wildman–Crippen MR) is 130 cm³/mol.